The molecule has 0 unspecified atom stereocenters. The average Bonchev–Trinajstić information content (AvgIpc) is 3.02. The van der Waals surface area contributed by atoms with Gasteiger partial charge in [-0.2, -0.15) is 0 Å². The molecule has 0 spiro atoms. The van der Waals surface area contributed by atoms with Gasteiger partial charge in [0.15, 0.2) is 0 Å². The van der Waals surface area contributed by atoms with Crippen LogP contribution < -0.4 is 10.4 Å². The number of rotatable bonds is 24. The molecular weight excluding hydrogens is 722 g/mol. The Bertz CT molecular complexity index is 778. The SMILES string of the molecule is CCC[CH2][Sn]([CH2]CCC)([CH2]CCC)[CH2][Si]([CH2][Sn]([CH2]CCC)([CH2]CCC)[CH2]CCC)(c1ccccc1)c1ccccc1. The van der Waals surface area contributed by atoms with Gasteiger partial charge in [-0.15, -0.1) is 0 Å². The molecule has 0 radical (unpaired) electrons. The molecule has 3 heteroatoms. The van der Waals surface area contributed by atoms with E-state index in [0.29, 0.717) is 0 Å². The van der Waals surface area contributed by atoms with Gasteiger partial charge in [-0.05, 0) is 0 Å². The third-order valence-corrected chi connectivity index (χ3v) is 63.4. The molecule has 0 saturated heterocycles. The number of unbranched alkanes of at least 4 members (excludes halogenated alkanes) is 6. The van der Waals surface area contributed by atoms with Crippen LogP contribution in [0.1, 0.15) is 119 Å². The van der Waals surface area contributed by atoms with Crippen LogP contribution in [-0.2, 0) is 0 Å². The van der Waals surface area contributed by atoms with Crippen molar-refractivity contribution < 1.29 is 0 Å². The Kier molecular flexibility index (Phi) is 19.2. The van der Waals surface area contributed by atoms with Gasteiger partial charge in [0.1, 0.15) is 0 Å². The summed E-state index contributed by atoms with van der Waals surface area (Å²) in [6.45, 7) is 14.7. The van der Waals surface area contributed by atoms with E-state index in [2.05, 4.69) is 102 Å². The molecule has 0 aliphatic carbocycles. The van der Waals surface area contributed by atoms with E-state index in [-0.39, 0.29) is 0 Å². The van der Waals surface area contributed by atoms with Gasteiger partial charge in [-0.1, -0.05) is 0 Å². The summed E-state index contributed by atoms with van der Waals surface area (Å²) in [6, 6.07) is 24.7. The third-order valence-electron chi connectivity index (χ3n) is 10.4. The predicted molar refractivity (Wildman–Crippen MR) is 197 cm³/mol. The molecule has 0 nitrogen and oxygen atoms in total. The zero-order valence-corrected chi connectivity index (χ0v) is 35.1. The first-order valence-corrected chi connectivity index (χ1v) is 36.7. The second kappa shape index (κ2) is 21.1. The van der Waals surface area contributed by atoms with Crippen LogP contribution >= 0.6 is 0 Å². The Balaban J connectivity index is 2.87. The molecule has 0 N–H and O–H groups in total. The summed E-state index contributed by atoms with van der Waals surface area (Å²) < 4.78 is 13.3. The number of hydrogen-bond donors (Lipinski definition) is 0. The molecule has 0 aliphatic heterocycles. The van der Waals surface area contributed by atoms with Crippen molar-refractivity contribution in [2.75, 3.05) is 0 Å². The molecule has 0 saturated carbocycles. The van der Waals surface area contributed by atoms with Crippen LogP contribution in [0, 0.1) is 0 Å². The zero-order valence-electron chi connectivity index (χ0n) is 28.4. The number of benzene rings is 2. The quantitative estimate of drug-likeness (QED) is 0.0930. The molecular formula is C38H68SiSn2. The summed E-state index contributed by atoms with van der Waals surface area (Å²) in [5.41, 5.74) is 0. The Morgan fingerprint density at radius 3 is 0.854 bits per heavy atom. The monoisotopic (exact) mass is 792 g/mol. The second-order valence-corrected chi connectivity index (χ2v) is 49.6. The summed E-state index contributed by atoms with van der Waals surface area (Å²) in [5, 5.41) is 3.64. The molecule has 2 rings (SSSR count). The van der Waals surface area contributed by atoms with Crippen molar-refractivity contribution in [3.63, 3.8) is 0 Å². The van der Waals surface area contributed by atoms with Gasteiger partial charge in [0.2, 0.25) is 0 Å². The van der Waals surface area contributed by atoms with Crippen molar-refractivity contribution in [3.05, 3.63) is 60.7 Å². The Labute approximate surface area is 267 Å². The molecule has 2 aromatic rings. The topological polar surface area (TPSA) is 0 Å². The molecule has 2 aromatic carbocycles. The first-order valence-electron chi connectivity index (χ1n) is 18.1. The minimum atomic E-state index is -2.46. The van der Waals surface area contributed by atoms with Gasteiger partial charge in [0.05, 0.1) is 0 Å². The van der Waals surface area contributed by atoms with E-state index >= 15 is 0 Å². The first kappa shape index (κ1) is 37.4. The van der Waals surface area contributed by atoms with Crippen LogP contribution in [0.4, 0.5) is 0 Å². The Morgan fingerprint density at radius 1 is 0.390 bits per heavy atom. The summed E-state index contributed by atoms with van der Waals surface area (Å²) in [4.78, 5) is 0. The Hall–Kier alpha value is 0.254. The van der Waals surface area contributed by atoms with Crippen molar-refractivity contribution in [2.24, 2.45) is 0 Å². The van der Waals surface area contributed by atoms with Crippen LogP contribution in [-0.4, -0.2) is 44.8 Å². The summed E-state index contributed by atoms with van der Waals surface area (Å²) in [5.74, 6) is 0. The van der Waals surface area contributed by atoms with E-state index in [0.717, 1.165) is 0 Å². The van der Waals surface area contributed by atoms with E-state index in [1.807, 2.05) is 10.4 Å². The molecule has 0 atom stereocenters. The van der Waals surface area contributed by atoms with Crippen molar-refractivity contribution in [1.82, 2.24) is 0 Å². The summed E-state index contributed by atoms with van der Waals surface area (Å²) in [6.07, 6.45) is 17.3. The molecule has 0 heterocycles. The van der Waals surface area contributed by atoms with Gasteiger partial charge in [-0.3, -0.25) is 0 Å². The fourth-order valence-corrected chi connectivity index (χ4v) is 84.0. The fourth-order valence-electron chi connectivity index (χ4n) is 8.02. The van der Waals surface area contributed by atoms with Crippen LogP contribution in [0.2, 0.25) is 34.7 Å². The minimum absolute atomic E-state index is 1.38. The van der Waals surface area contributed by atoms with Crippen LogP contribution in [0.15, 0.2) is 60.7 Å². The predicted octanol–water partition coefficient (Wildman–Crippen LogP) is 12.0. The van der Waals surface area contributed by atoms with E-state index in [1.54, 1.807) is 34.7 Å². The maximum atomic E-state index is 2.63. The van der Waals surface area contributed by atoms with Crippen LogP contribution in [0.25, 0.3) is 0 Å². The zero-order chi connectivity index (χ0) is 29.9. The first-order chi connectivity index (χ1) is 20.0. The third kappa shape index (κ3) is 11.9. The van der Waals surface area contributed by atoms with E-state index < -0.39 is 44.8 Å². The molecule has 0 aromatic heterocycles. The summed E-state index contributed by atoms with van der Waals surface area (Å²) >= 11 is -4.92. The van der Waals surface area contributed by atoms with Crippen molar-refractivity contribution in [1.29, 1.82) is 0 Å². The standard InChI is InChI=1S/C14H14Si.6C4H9.2Sn/c1-15(2,13-9-5-3-6-10-13)14-11-7-4-8-12-14;6*1-3-4-2;;/h3-12H,1-2H2;6*1,3-4H2,2H3;;. The van der Waals surface area contributed by atoms with Crippen molar-refractivity contribution in [3.8, 4) is 0 Å². The second-order valence-electron chi connectivity index (χ2n) is 13.8. The molecule has 0 amide bonds. The molecule has 0 aliphatic rings. The van der Waals surface area contributed by atoms with Gasteiger partial charge >= 0.3 is 269 Å². The van der Waals surface area contributed by atoms with Crippen LogP contribution in [0.5, 0.6) is 0 Å². The van der Waals surface area contributed by atoms with E-state index in [9.17, 15) is 0 Å². The normalized spacial score (nSPS) is 12.6. The molecule has 232 valence electrons. The van der Waals surface area contributed by atoms with Crippen molar-refractivity contribution >= 4 is 55.2 Å². The number of hydrogen-bond acceptors (Lipinski definition) is 0. The molecule has 41 heavy (non-hydrogen) atoms. The van der Waals surface area contributed by atoms with Gasteiger partial charge in [-0.25, -0.2) is 0 Å². The van der Waals surface area contributed by atoms with Gasteiger partial charge < -0.3 is 0 Å². The molecule has 0 fully saturated rings. The molecule has 0 bridgehead atoms. The Morgan fingerprint density at radius 2 is 0.634 bits per heavy atom. The van der Waals surface area contributed by atoms with Gasteiger partial charge in [0, 0.05) is 0 Å². The van der Waals surface area contributed by atoms with Gasteiger partial charge in [0.25, 0.3) is 0 Å². The van der Waals surface area contributed by atoms with Crippen molar-refractivity contribution in [2.45, 2.75) is 153 Å². The average molecular weight is 790 g/mol. The fraction of sp³-hybridized carbons (Fsp3) is 0.684. The summed E-state index contributed by atoms with van der Waals surface area (Å²) in [7, 11) is -1.93. The van der Waals surface area contributed by atoms with Crippen LogP contribution in [0.3, 0.4) is 0 Å². The van der Waals surface area contributed by atoms with E-state index in [4.69, 9.17) is 0 Å². The van der Waals surface area contributed by atoms with E-state index in [1.165, 1.54) is 77.0 Å². The maximum absolute atomic E-state index is 2.63.